The van der Waals surface area contributed by atoms with Crippen molar-refractivity contribution in [1.82, 2.24) is 10.6 Å². The molecule has 0 aliphatic rings. The zero-order valence-electron chi connectivity index (χ0n) is 24.9. The predicted molar refractivity (Wildman–Crippen MR) is 171 cm³/mol. The first-order valence-electron chi connectivity index (χ1n) is 15.8. The lowest BCUT2D eigenvalue weighted by Gasteiger charge is -2.14. The highest BCUT2D eigenvalue weighted by atomic mass is 33.1. The average molecular weight is 575 g/mol. The summed E-state index contributed by atoms with van der Waals surface area (Å²) < 4.78 is 0. The summed E-state index contributed by atoms with van der Waals surface area (Å²) in [4.78, 5) is 24.4. The molecule has 2 unspecified atom stereocenters. The molecule has 0 saturated heterocycles. The molecule has 0 aromatic heterocycles. The summed E-state index contributed by atoms with van der Waals surface area (Å²) in [5, 5.41) is 5.91. The first-order valence-corrected chi connectivity index (χ1v) is 18.3. The Kier molecular flexibility index (Phi) is 29.2. The molecule has 0 radical (unpaired) electrons. The van der Waals surface area contributed by atoms with E-state index in [9.17, 15) is 9.59 Å². The Balaban J connectivity index is 3.54. The van der Waals surface area contributed by atoms with Gasteiger partial charge in [0.25, 0.3) is 0 Å². The third kappa shape index (κ3) is 25.8. The van der Waals surface area contributed by atoms with Crippen LogP contribution in [0.4, 0.5) is 0 Å². The molecule has 2 amide bonds. The highest BCUT2D eigenvalue weighted by Gasteiger charge is 2.16. The Morgan fingerprint density at radius 3 is 1.05 bits per heavy atom. The normalized spacial score (nSPS) is 12.8. The van der Waals surface area contributed by atoms with Gasteiger partial charge in [-0.25, -0.2) is 0 Å². The molecule has 0 fully saturated rings. The lowest BCUT2D eigenvalue weighted by atomic mass is 10.1. The lowest BCUT2D eigenvalue weighted by Crippen LogP contribution is -2.43. The molecule has 0 aromatic carbocycles. The van der Waals surface area contributed by atoms with Crippen LogP contribution in [0.25, 0.3) is 0 Å². The van der Waals surface area contributed by atoms with Crippen LogP contribution in [0.2, 0.25) is 0 Å². The number of amides is 2. The molecule has 6 N–H and O–H groups in total. The second-order valence-electron chi connectivity index (χ2n) is 10.7. The highest BCUT2D eigenvalue weighted by Crippen LogP contribution is 2.22. The van der Waals surface area contributed by atoms with Crippen molar-refractivity contribution in [2.45, 2.75) is 154 Å². The number of carbonyl (C=O) groups is 2. The molecule has 0 saturated carbocycles. The smallest absolute Gasteiger partial charge is 0.237 e. The number of carbonyl (C=O) groups excluding carboxylic acids is 2. The summed E-state index contributed by atoms with van der Waals surface area (Å²) in [6.07, 6.45) is 25.7. The minimum Gasteiger partial charge on any atom is -0.355 e. The Morgan fingerprint density at radius 2 is 0.763 bits per heavy atom. The van der Waals surface area contributed by atoms with Crippen LogP contribution in [0.5, 0.6) is 0 Å². The van der Waals surface area contributed by atoms with E-state index in [1.54, 1.807) is 0 Å². The van der Waals surface area contributed by atoms with Crippen molar-refractivity contribution in [3.05, 3.63) is 0 Å². The van der Waals surface area contributed by atoms with Crippen molar-refractivity contribution in [3.63, 3.8) is 0 Å². The quantitative estimate of drug-likeness (QED) is 0.0560. The van der Waals surface area contributed by atoms with E-state index in [1.165, 1.54) is 124 Å². The maximum Gasteiger partial charge on any atom is 0.237 e. The van der Waals surface area contributed by atoms with Gasteiger partial charge in [0.2, 0.25) is 11.8 Å². The molecule has 0 heterocycles. The molecular weight excluding hydrogens is 512 g/mol. The monoisotopic (exact) mass is 574 g/mol. The summed E-state index contributed by atoms with van der Waals surface area (Å²) in [6, 6.07) is -1.06. The Bertz CT molecular complexity index is 494. The van der Waals surface area contributed by atoms with Crippen LogP contribution in [0, 0.1) is 0 Å². The van der Waals surface area contributed by atoms with E-state index in [4.69, 9.17) is 11.5 Å². The first kappa shape index (κ1) is 37.6. The van der Waals surface area contributed by atoms with Gasteiger partial charge in [0.15, 0.2) is 0 Å². The van der Waals surface area contributed by atoms with Gasteiger partial charge < -0.3 is 22.1 Å². The third-order valence-electron chi connectivity index (χ3n) is 6.91. The van der Waals surface area contributed by atoms with Gasteiger partial charge >= 0.3 is 0 Å². The molecule has 0 spiro atoms. The number of unbranched alkanes of at least 4 members (excludes halogenated alkanes) is 18. The van der Waals surface area contributed by atoms with Crippen LogP contribution in [-0.4, -0.2) is 48.5 Å². The maximum atomic E-state index is 12.2. The molecule has 0 aromatic rings. The highest BCUT2D eigenvalue weighted by molar-refractivity contribution is 8.76. The number of hydrogen-bond donors (Lipinski definition) is 4. The van der Waals surface area contributed by atoms with E-state index in [1.807, 2.05) is 0 Å². The van der Waals surface area contributed by atoms with E-state index in [0.717, 1.165) is 25.7 Å². The molecule has 226 valence electrons. The predicted octanol–water partition coefficient (Wildman–Crippen LogP) is 7.10. The van der Waals surface area contributed by atoms with Gasteiger partial charge in [-0.05, 0) is 12.8 Å². The summed E-state index contributed by atoms with van der Waals surface area (Å²) in [5.74, 6) is 0.850. The molecule has 0 aliphatic heterocycles. The SMILES string of the molecule is CCCCCCCCCCCCNC(=O)C(N)CSSCC(N)C(=O)NCCCCCCCCCCCC. The molecule has 8 heteroatoms. The molecule has 0 rings (SSSR count). The maximum absolute atomic E-state index is 12.2. The van der Waals surface area contributed by atoms with Crippen LogP contribution in [-0.2, 0) is 9.59 Å². The molecule has 2 atom stereocenters. The first-order chi connectivity index (χ1) is 18.5. The van der Waals surface area contributed by atoms with Gasteiger partial charge in [-0.1, -0.05) is 151 Å². The Labute approximate surface area is 243 Å². The second kappa shape index (κ2) is 29.5. The number of nitrogens with one attached hydrogen (secondary N) is 2. The van der Waals surface area contributed by atoms with E-state index in [0.29, 0.717) is 24.6 Å². The summed E-state index contributed by atoms with van der Waals surface area (Å²) in [7, 11) is 3.02. The minimum absolute atomic E-state index is 0.0902. The van der Waals surface area contributed by atoms with E-state index in [2.05, 4.69) is 24.5 Å². The van der Waals surface area contributed by atoms with Crippen molar-refractivity contribution in [2.24, 2.45) is 11.5 Å². The fourth-order valence-corrected chi connectivity index (χ4v) is 6.55. The van der Waals surface area contributed by atoms with Crippen LogP contribution in [0.3, 0.4) is 0 Å². The summed E-state index contributed by atoms with van der Waals surface area (Å²) >= 11 is 0. The zero-order valence-corrected chi connectivity index (χ0v) is 26.5. The van der Waals surface area contributed by atoms with Crippen molar-refractivity contribution in [2.75, 3.05) is 24.6 Å². The molecule has 0 bridgehead atoms. The number of nitrogens with two attached hydrogens (primary N) is 2. The van der Waals surface area contributed by atoms with Gasteiger partial charge in [0.1, 0.15) is 0 Å². The van der Waals surface area contributed by atoms with Crippen LogP contribution < -0.4 is 22.1 Å². The topological polar surface area (TPSA) is 110 Å². The van der Waals surface area contributed by atoms with Gasteiger partial charge in [-0.15, -0.1) is 0 Å². The van der Waals surface area contributed by atoms with Crippen molar-refractivity contribution >= 4 is 33.4 Å². The fraction of sp³-hybridized carbons (Fsp3) is 0.933. The summed E-state index contributed by atoms with van der Waals surface area (Å²) in [6.45, 7) is 5.90. The molecule has 6 nitrogen and oxygen atoms in total. The van der Waals surface area contributed by atoms with Gasteiger partial charge in [-0.2, -0.15) is 0 Å². The standard InChI is InChI=1S/C30H62N4O2S2/c1-3-5-7-9-11-13-15-17-19-21-23-33-29(35)27(31)25-37-38-26-28(32)30(36)34-24-22-20-18-16-14-12-10-8-6-4-2/h27-28H,3-26,31-32H2,1-2H3,(H,33,35)(H,34,36). The minimum atomic E-state index is -0.531. The van der Waals surface area contributed by atoms with E-state index in [-0.39, 0.29) is 11.8 Å². The Morgan fingerprint density at radius 1 is 0.500 bits per heavy atom. The van der Waals surface area contributed by atoms with Crippen molar-refractivity contribution in [3.8, 4) is 0 Å². The average Bonchev–Trinajstić information content (AvgIpc) is 2.92. The van der Waals surface area contributed by atoms with Crippen LogP contribution in [0.15, 0.2) is 0 Å². The molecule has 0 aliphatic carbocycles. The van der Waals surface area contributed by atoms with E-state index < -0.39 is 12.1 Å². The molecular formula is C30H62N4O2S2. The third-order valence-corrected chi connectivity index (χ3v) is 9.38. The fourth-order valence-electron chi connectivity index (χ4n) is 4.30. The zero-order chi connectivity index (χ0) is 28.1. The van der Waals surface area contributed by atoms with Crippen LogP contribution >= 0.6 is 21.6 Å². The molecule has 38 heavy (non-hydrogen) atoms. The Hall–Kier alpha value is -0.440. The van der Waals surface area contributed by atoms with Crippen molar-refractivity contribution < 1.29 is 9.59 Å². The van der Waals surface area contributed by atoms with Gasteiger partial charge in [-0.3, -0.25) is 9.59 Å². The van der Waals surface area contributed by atoms with Gasteiger partial charge in [0, 0.05) is 24.6 Å². The number of rotatable bonds is 29. The number of hydrogen-bond acceptors (Lipinski definition) is 6. The van der Waals surface area contributed by atoms with Crippen molar-refractivity contribution in [1.29, 1.82) is 0 Å². The summed E-state index contributed by atoms with van der Waals surface area (Å²) in [5.41, 5.74) is 12.0. The largest absolute Gasteiger partial charge is 0.355 e. The van der Waals surface area contributed by atoms with E-state index >= 15 is 0 Å². The van der Waals surface area contributed by atoms with Crippen LogP contribution in [0.1, 0.15) is 142 Å². The lowest BCUT2D eigenvalue weighted by molar-refractivity contribution is -0.122. The second-order valence-corrected chi connectivity index (χ2v) is 13.3. The van der Waals surface area contributed by atoms with Gasteiger partial charge in [0.05, 0.1) is 12.1 Å².